The maximum absolute atomic E-state index is 12.2. The molecule has 1 aliphatic heterocycles. The van der Waals surface area contributed by atoms with Gasteiger partial charge >= 0.3 is 12.0 Å². The maximum atomic E-state index is 12.2. The van der Waals surface area contributed by atoms with Gasteiger partial charge in [-0.15, -0.1) is 0 Å². The Labute approximate surface area is 130 Å². The summed E-state index contributed by atoms with van der Waals surface area (Å²) in [7, 11) is 0. The second kappa shape index (κ2) is 7.11. The Morgan fingerprint density at radius 2 is 1.91 bits per heavy atom. The fourth-order valence-corrected chi connectivity index (χ4v) is 2.59. The van der Waals surface area contributed by atoms with Crippen molar-refractivity contribution < 1.29 is 14.3 Å². The fourth-order valence-electron chi connectivity index (χ4n) is 2.59. The van der Waals surface area contributed by atoms with E-state index in [1.54, 1.807) is 13.8 Å². The number of ether oxygens (including phenoxy) is 1. The van der Waals surface area contributed by atoms with E-state index < -0.39 is 12.0 Å². The van der Waals surface area contributed by atoms with Crippen LogP contribution in [-0.4, -0.2) is 18.6 Å². The van der Waals surface area contributed by atoms with Gasteiger partial charge in [0.2, 0.25) is 0 Å². The zero-order chi connectivity index (χ0) is 16.1. The topological polar surface area (TPSA) is 67.4 Å². The first-order valence-corrected chi connectivity index (χ1v) is 7.61. The summed E-state index contributed by atoms with van der Waals surface area (Å²) < 4.78 is 5.11. The standard InChI is InChI=1S/C17H22N2O3/c1-4-6-12-7-9-13(10-8-12)15-14(16(20)22-5-2)11(3)18-17(21)19-15/h7-10,15H,4-6H2,1-3H3,(H2,18,19,21). The highest BCUT2D eigenvalue weighted by molar-refractivity contribution is 5.95. The first-order chi connectivity index (χ1) is 10.6. The van der Waals surface area contributed by atoms with E-state index in [2.05, 4.69) is 17.6 Å². The van der Waals surface area contributed by atoms with Crippen LogP contribution in [0, 0.1) is 0 Å². The van der Waals surface area contributed by atoms with Crippen molar-refractivity contribution in [3.05, 3.63) is 46.7 Å². The Kier molecular flexibility index (Phi) is 5.20. The lowest BCUT2D eigenvalue weighted by atomic mass is 9.94. The van der Waals surface area contributed by atoms with Crippen molar-refractivity contribution in [1.29, 1.82) is 0 Å². The van der Waals surface area contributed by atoms with Gasteiger partial charge in [-0.05, 0) is 31.4 Å². The van der Waals surface area contributed by atoms with Crippen molar-refractivity contribution in [3.63, 3.8) is 0 Å². The number of urea groups is 1. The molecule has 0 radical (unpaired) electrons. The number of nitrogens with one attached hydrogen (secondary N) is 2. The molecule has 0 fully saturated rings. The molecule has 22 heavy (non-hydrogen) atoms. The van der Waals surface area contributed by atoms with Crippen molar-refractivity contribution in [3.8, 4) is 0 Å². The van der Waals surface area contributed by atoms with Crippen molar-refractivity contribution in [2.24, 2.45) is 0 Å². The average Bonchev–Trinajstić information content (AvgIpc) is 2.47. The predicted octanol–water partition coefficient (Wildman–Crippen LogP) is 2.83. The monoisotopic (exact) mass is 302 g/mol. The number of hydrogen-bond acceptors (Lipinski definition) is 3. The smallest absolute Gasteiger partial charge is 0.338 e. The lowest BCUT2D eigenvalue weighted by molar-refractivity contribution is -0.139. The molecule has 1 aromatic carbocycles. The number of aryl methyl sites for hydroxylation is 1. The van der Waals surface area contributed by atoms with Crippen LogP contribution in [0.1, 0.15) is 44.4 Å². The Hall–Kier alpha value is -2.30. The van der Waals surface area contributed by atoms with Crippen LogP contribution in [0.4, 0.5) is 4.79 Å². The fraction of sp³-hybridized carbons (Fsp3) is 0.412. The van der Waals surface area contributed by atoms with Gasteiger partial charge in [-0.3, -0.25) is 0 Å². The molecule has 1 aromatic rings. The largest absolute Gasteiger partial charge is 0.463 e. The summed E-state index contributed by atoms with van der Waals surface area (Å²) in [5, 5.41) is 5.42. The number of carbonyl (C=O) groups excluding carboxylic acids is 2. The molecule has 0 aliphatic carbocycles. The van der Waals surface area contributed by atoms with E-state index in [-0.39, 0.29) is 6.03 Å². The van der Waals surface area contributed by atoms with E-state index in [0.29, 0.717) is 17.9 Å². The van der Waals surface area contributed by atoms with Crippen molar-refractivity contribution >= 4 is 12.0 Å². The van der Waals surface area contributed by atoms with Gasteiger partial charge in [-0.25, -0.2) is 9.59 Å². The molecule has 0 spiro atoms. The molecular weight excluding hydrogens is 280 g/mol. The van der Waals surface area contributed by atoms with Crippen LogP contribution in [-0.2, 0) is 16.0 Å². The molecule has 5 nitrogen and oxygen atoms in total. The zero-order valence-electron chi connectivity index (χ0n) is 13.2. The summed E-state index contributed by atoms with van der Waals surface area (Å²) in [5.74, 6) is -0.407. The minimum Gasteiger partial charge on any atom is -0.463 e. The Morgan fingerprint density at radius 1 is 1.23 bits per heavy atom. The van der Waals surface area contributed by atoms with Crippen LogP contribution in [0.5, 0.6) is 0 Å². The lowest BCUT2D eigenvalue weighted by Crippen LogP contribution is -2.45. The van der Waals surface area contributed by atoms with Crippen LogP contribution in [0.25, 0.3) is 0 Å². The van der Waals surface area contributed by atoms with Crippen molar-refractivity contribution in [1.82, 2.24) is 10.6 Å². The Balaban J connectivity index is 2.34. The maximum Gasteiger partial charge on any atom is 0.338 e. The molecule has 0 bridgehead atoms. The van der Waals surface area contributed by atoms with Gasteiger partial charge in [0.25, 0.3) is 0 Å². The SMILES string of the molecule is CCCc1ccc(C2NC(=O)NC(C)=C2C(=O)OCC)cc1. The number of benzene rings is 1. The van der Waals surface area contributed by atoms with Crippen LogP contribution in [0.15, 0.2) is 35.5 Å². The van der Waals surface area contributed by atoms with E-state index in [1.165, 1.54) is 5.56 Å². The van der Waals surface area contributed by atoms with E-state index in [4.69, 9.17) is 4.74 Å². The molecule has 1 heterocycles. The first kappa shape index (κ1) is 16.1. The van der Waals surface area contributed by atoms with E-state index >= 15 is 0 Å². The number of hydrogen-bond donors (Lipinski definition) is 2. The molecule has 0 aromatic heterocycles. The first-order valence-electron chi connectivity index (χ1n) is 7.61. The second-order valence-electron chi connectivity index (χ2n) is 5.28. The number of esters is 1. The summed E-state index contributed by atoms with van der Waals surface area (Å²) in [5.41, 5.74) is 3.09. The molecule has 2 N–H and O–H groups in total. The summed E-state index contributed by atoms with van der Waals surface area (Å²) >= 11 is 0. The van der Waals surface area contributed by atoms with Crippen molar-refractivity contribution in [2.45, 2.75) is 39.7 Å². The molecule has 5 heteroatoms. The van der Waals surface area contributed by atoms with E-state index in [9.17, 15) is 9.59 Å². The lowest BCUT2D eigenvalue weighted by Gasteiger charge is -2.28. The third-order valence-electron chi connectivity index (χ3n) is 3.62. The van der Waals surface area contributed by atoms with Crippen LogP contribution < -0.4 is 10.6 Å². The van der Waals surface area contributed by atoms with Gasteiger partial charge in [0.15, 0.2) is 0 Å². The molecule has 118 valence electrons. The quantitative estimate of drug-likeness (QED) is 0.822. The summed E-state index contributed by atoms with van der Waals surface area (Å²) in [4.78, 5) is 23.9. The Bertz CT molecular complexity index is 590. The van der Waals surface area contributed by atoms with Gasteiger partial charge < -0.3 is 15.4 Å². The summed E-state index contributed by atoms with van der Waals surface area (Å²) in [6, 6.07) is 7.18. The highest BCUT2D eigenvalue weighted by atomic mass is 16.5. The molecule has 0 saturated heterocycles. The predicted molar refractivity (Wildman–Crippen MR) is 84.2 cm³/mol. The second-order valence-corrected chi connectivity index (χ2v) is 5.28. The Morgan fingerprint density at radius 3 is 2.50 bits per heavy atom. The number of rotatable bonds is 5. The number of amides is 2. The van der Waals surface area contributed by atoms with Gasteiger partial charge in [0.1, 0.15) is 0 Å². The van der Waals surface area contributed by atoms with E-state index in [0.717, 1.165) is 18.4 Å². The molecule has 1 atom stereocenters. The summed E-state index contributed by atoms with van der Waals surface area (Å²) in [6.07, 6.45) is 2.09. The molecule has 2 amide bonds. The normalized spacial score (nSPS) is 17.8. The third-order valence-corrected chi connectivity index (χ3v) is 3.62. The molecule has 1 unspecified atom stereocenters. The molecular formula is C17H22N2O3. The number of carbonyl (C=O) groups is 2. The summed E-state index contributed by atoms with van der Waals surface area (Å²) in [6.45, 7) is 5.90. The van der Waals surface area contributed by atoms with Crippen LogP contribution in [0.3, 0.4) is 0 Å². The molecule has 0 saturated carbocycles. The average molecular weight is 302 g/mol. The van der Waals surface area contributed by atoms with Gasteiger partial charge in [-0.2, -0.15) is 0 Å². The van der Waals surface area contributed by atoms with Crippen LogP contribution >= 0.6 is 0 Å². The molecule has 1 aliphatic rings. The minimum absolute atomic E-state index is 0.297. The van der Waals surface area contributed by atoms with Gasteiger partial charge in [-0.1, -0.05) is 37.6 Å². The highest BCUT2D eigenvalue weighted by Crippen LogP contribution is 2.27. The zero-order valence-corrected chi connectivity index (χ0v) is 13.2. The molecule has 2 rings (SSSR count). The third kappa shape index (κ3) is 3.47. The minimum atomic E-state index is -0.483. The number of allylic oxidation sites excluding steroid dienone is 1. The van der Waals surface area contributed by atoms with Gasteiger partial charge in [0.05, 0.1) is 18.2 Å². The van der Waals surface area contributed by atoms with Crippen molar-refractivity contribution in [2.75, 3.05) is 6.61 Å². The van der Waals surface area contributed by atoms with Crippen LogP contribution in [0.2, 0.25) is 0 Å². The van der Waals surface area contributed by atoms with Gasteiger partial charge in [0, 0.05) is 5.70 Å². The van der Waals surface area contributed by atoms with E-state index in [1.807, 2.05) is 24.3 Å². The highest BCUT2D eigenvalue weighted by Gasteiger charge is 2.31.